The van der Waals surface area contributed by atoms with Gasteiger partial charge in [0.05, 0.1) is 0 Å². The van der Waals surface area contributed by atoms with E-state index in [2.05, 4.69) is 35.6 Å². The molecule has 2 rings (SSSR count). The van der Waals surface area contributed by atoms with Crippen molar-refractivity contribution in [1.29, 1.82) is 0 Å². The molecule has 2 unspecified atom stereocenters. The van der Waals surface area contributed by atoms with Crippen LogP contribution in [-0.2, 0) is 0 Å². The molecule has 0 spiro atoms. The molecule has 0 aromatic heterocycles. The van der Waals surface area contributed by atoms with Gasteiger partial charge in [0.15, 0.2) is 0 Å². The number of benzene rings is 1. The molecule has 1 aromatic carbocycles. The van der Waals surface area contributed by atoms with Crippen molar-refractivity contribution in [2.24, 2.45) is 11.7 Å². The Morgan fingerprint density at radius 2 is 2.07 bits per heavy atom. The largest absolute Gasteiger partial charge is 0.330 e. The van der Waals surface area contributed by atoms with E-state index in [1.165, 1.54) is 18.4 Å². The third-order valence-electron chi connectivity index (χ3n) is 3.05. The molecule has 3 N–H and O–H groups in total. The Labute approximate surface area is 85.5 Å². The number of rotatable bonds is 2. The molecule has 2 heteroatoms. The molecular formula is C12H18N2. The third kappa shape index (κ3) is 2.14. The van der Waals surface area contributed by atoms with Crippen LogP contribution >= 0.6 is 0 Å². The van der Waals surface area contributed by atoms with Crippen molar-refractivity contribution in [3.8, 4) is 0 Å². The standard InChI is InChI=1S/C12H18N2/c13-9-10-6-7-14-12(8-10)11-4-2-1-3-5-11/h1-5,10,12,14H,6-9,13H2. The minimum atomic E-state index is 0.512. The van der Waals surface area contributed by atoms with Gasteiger partial charge in [0.25, 0.3) is 0 Å². The van der Waals surface area contributed by atoms with Crippen LogP contribution in [-0.4, -0.2) is 13.1 Å². The van der Waals surface area contributed by atoms with Crippen LogP contribution in [0.15, 0.2) is 30.3 Å². The lowest BCUT2D eigenvalue weighted by Crippen LogP contribution is -2.34. The summed E-state index contributed by atoms with van der Waals surface area (Å²) in [4.78, 5) is 0. The molecule has 2 nitrogen and oxygen atoms in total. The van der Waals surface area contributed by atoms with Crippen LogP contribution in [0.5, 0.6) is 0 Å². The van der Waals surface area contributed by atoms with Gasteiger partial charge in [-0.3, -0.25) is 0 Å². The van der Waals surface area contributed by atoms with E-state index in [4.69, 9.17) is 5.73 Å². The molecular weight excluding hydrogens is 172 g/mol. The van der Waals surface area contributed by atoms with Gasteiger partial charge in [-0.05, 0) is 37.4 Å². The molecule has 2 atom stereocenters. The quantitative estimate of drug-likeness (QED) is 0.744. The highest BCUT2D eigenvalue weighted by molar-refractivity contribution is 5.19. The van der Waals surface area contributed by atoms with Gasteiger partial charge >= 0.3 is 0 Å². The second-order valence-electron chi connectivity index (χ2n) is 4.04. The highest BCUT2D eigenvalue weighted by atomic mass is 14.9. The normalized spacial score (nSPS) is 27.5. The topological polar surface area (TPSA) is 38.0 Å². The molecule has 1 aromatic rings. The third-order valence-corrected chi connectivity index (χ3v) is 3.05. The number of nitrogens with two attached hydrogens (primary N) is 1. The van der Waals surface area contributed by atoms with Crippen molar-refractivity contribution in [2.75, 3.05) is 13.1 Å². The summed E-state index contributed by atoms with van der Waals surface area (Å²) in [6, 6.07) is 11.2. The predicted molar refractivity (Wildman–Crippen MR) is 59.0 cm³/mol. The van der Waals surface area contributed by atoms with Crippen LogP contribution in [0.25, 0.3) is 0 Å². The van der Waals surface area contributed by atoms with E-state index in [0.717, 1.165) is 13.1 Å². The molecule has 1 aliphatic heterocycles. The number of hydrogen-bond acceptors (Lipinski definition) is 2. The summed E-state index contributed by atoms with van der Waals surface area (Å²) in [6.07, 6.45) is 2.40. The van der Waals surface area contributed by atoms with E-state index in [-0.39, 0.29) is 0 Å². The summed E-state index contributed by atoms with van der Waals surface area (Å²) in [7, 11) is 0. The van der Waals surface area contributed by atoms with Gasteiger partial charge in [-0.25, -0.2) is 0 Å². The second kappa shape index (κ2) is 4.58. The molecule has 1 aliphatic rings. The van der Waals surface area contributed by atoms with Crippen molar-refractivity contribution in [3.05, 3.63) is 35.9 Å². The van der Waals surface area contributed by atoms with Crippen LogP contribution in [0.4, 0.5) is 0 Å². The summed E-state index contributed by atoms with van der Waals surface area (Å²) in [5.74, 6) is 0.696. The van der Waals surface area contributed by atoms with Crippen molar-refractivity contribution in [3.63, 3.8) is 0 Å². The highest BCUT2D eigenvalue weighted by Crippen LogP contribution is 2.26. The van der Waals surface area contributed by atoms with E-state index < -0.39 is 0 Å². The Kier molecular flexibility index (Phi) is 3.17. The maximum Gasteiger partial charge on any atom is 0.0323 e. The van der Waals surface area contributed by atoms with E-state index in [0.29, 0.717) is 12.0 Å². The van der Waals surface area contributed by atoms with E-state index in [1.807, 2.05) is 0 Å². The zero-order chi connectivity index (χ0) is 9.80. The van der Waals surface area contributed by atoms with Crippen LogP contribution in [0.1, 0.15) is 24.4 Å². The molecule has 0 radical (unpaired) electrons. The van der Waals surface area contributed by atoms with E-state index in [1.54, 1.807) is 0 Å². The minimum Gasteiger partial charge on any atom is -0.330 e. The fraction of sp³-hybridized carbons (Fsp3) is 0.500. The molecule has 1 fully saturated rings. The minimum absolute atomic E-state index is 0.512. The first-order valence-corrected chi connectivity index (χ1v) is 5.38. The Bertz CT molecular complexity index is 271. The average molecular weight is 190 g/mol. The van der Waals surface area contributed by atoms with Crippen LogP contribution in [0.2, 0.25) is 0 Å². The van der Waals surface area contributed by atoms with Crippen molar-refractivity contribution in [1.82, 2.24) is 5.32 Å². The Hall–Kier alpha value is -0.860. The van der Waals surface area contributed by atoms with Gasteiger partial charge < -0.3 is 11.1 Å². The first-order valence-electron chi connectivity index (χ1n) is 5.38. The zero-order valence-corrected chi connectivity index (χ0v) is 8.45. The summed E-state index contributed by atoms with van der Waals surface area (Å²) < 4.78 is 0. The van der Waals surface area contributed by atoms with Crippen LogP contribution in [0.3, 0.4) is 0 Å². The molecule has 0 bridgehead atoms. The first-order chi connectivity index (χ1) is 6.90. The Morgan fingerprint density at radius 1 is 1.29 bits per heavy atom. The van der Waals surface area contributed by atoms with E-state index in [9.17, 15) is 0 Å². The summed E-state index contributed by atoms with van der Waals surface area (Å²) in [6.45, 7) is 1.92. The fourth-order valence-electron chi connectivity index (χ4n) is 2.15. The molecule has 0 amide bonds. The monoisotopic (exact) mass is 190 g/mol. The van der Waals surface area contributed by atoms with Crippen molar-refractivity contribution < 1.29 is 0 Å². The molecule has 0 aliphatic carbocycles. The zero-order valence-electron chi connectivity index (χ0n) is 8.45. The highest BCUT2D eigenvalue weighted by Gasteiger charge is 2.20. The fourth-order valence-corrected chi connectivity index (χ4v) is 2.15. The molecule has 14 heavy (non-hydrogen) atoms. The first kappa shape index (κ1) is 9.69. The molecule has 0 saturated carbocycles. The SMILES string of the molecule is NCC1CCNC(c2ccccc2)C1. The lowest BCUT2D eigenvalue weighted by Gasteiger charge is -2.29. The maximum absolute atomic E-state index is 5.72. The maximum atomic E-state index is 5.72. The van der Waals surface area contributed by atoms with Gasteiger partial charge in [-0.15, -0.1) is 0 Å². The summed E-state index contributed by atoms with van der Waals surface area (Å²) >= 11 is 0. The van der Waals surface area contributed by atoms with Crippen molar-refractivity contribution >= 4 is 0 Å². The number of piperidine rings is 1. The molecule has 1 heterocycles. The lowest BCUT2D eigenvalue weighted by atomic mass is 9.89. The molecule has 76 valence electrons. The van der Waals surface area contributed by atoms with Gasteiger partial charge in [-0.1, -0.05) is 30.3 Å². The average Bonchev–Trinajstić information content (AvgIpc) is 2.30. The second-order valence-corrected chi connectivity index (χ2v) is 4.04. The van der Waals surface area contributed by atoms with Crippen LogP contribution in [0, 0.1) is 5.92 Å². The Balaban J connectivity index is 2.04. The van der Waals surface area contributed by atoms with Crippen LogP contribution < -0.4 is 11.1 Å². The van der Waals surface area contributed by atoms with Gasteiger partial charge in [0, 0.05) is 6.04 Å². The smallest absolute Gasteiger partial charge is 0.0323 e. The van der Waals surface area contributed by atoms with Gasteiger partial charge in [0.1, 0.15) is 0 Å². The van der Waals surface area contributed by atoms with Gasteiger partial charge in [-0.2, -0.15) is 0 Å². The Morgan fingerprint density at radius 3 is 2.79 bits per heavy atom. The van der Waals surface area contributed by atoms with Gasteiger partial charge in [0.2, 0.25) is 0 Å². The lowest BCUT2D eigenvalue weighted by molar-refractivity contribution is 0.312. The van der Waals surface area contributed by atoms with E-state index >= 15 is 0 Å². The summed E-state index contributed by atoms with van der Waals surface area (Å²) in [5.41, 5.74) is 7.11. The van der Waals surface area contributed by atoms with Crippen molar-refractivity contribution in [2.45, 2.75) is 18.9 Å². The predicted octanol–water partition coefficient (Wildman–Crippen LogP) is 1.69. The number of hydrogen-bond donors (Lipinski definition) is 2. The number of nitrogens with one attached hydrogen (secondary N) is 1. The summed E-state index contributed by atoms with van der Waals surface area (Å²) in [5, 5.41) is 3.54. The molecule has 1 saturated heterocycles.